The van der Waals surface area contributed by atoms with E-state index in [9.17, 15) is 0 Å². The Morgan fingerprint density at radius 1 is 1.29 bits per heavy atom. The van der Waals surface area contributed by atoms with E-state index >= 15 is 0 Å². The van der Waals surface area contributed by atoms with E-state index in [-0.39, 0.29) is 0 Å². The molecule has 0 atom stereocenters. The van der Waals surface area contributed by atoms with Gasteiger partial charge in [-0.2, -0.15) is 4.98 Å². The van der Waals surface area contributed by atoms with E-state index < -0.39 is 0 Å². The van der Waals surface area contributed by atoms with Crippen LogP contribution in [0.1, 0.15) is 48.9 Å². The molecule has 0 spiro atoms. The first-order valence-corrected chi connectivity index (χ1v) is 7.45. The summed E-state index contributed by atoms with van der Waals surface area (Å²) in [7, 11) is 1.67. The molecule has 112 valence electrons. The lowest BCUT2D eigenvalue weighted by molar-refractivity contribution is 0.300. The molecule has 5 heteroatoms. The van der Waals surface area contributed by atoms with Gasteiger partial charge in [0.2, 0.25) is 5.89 Å². The molecule has 3 rings (SSSR count). The summed E-state index contributed by atoms with van der Waals surface area (Å²) in [4.78, 5) is 4.55. The maximum atomic E-state index is 5.93. The molecule has 1 aromatic carbocycles. The fourth-order valence-electron chi connectivity index (χ4n) is 2.84. The zero-order valence-electron chi connectivity index (χ0n) is 12.3. The minimum absolute atomic E-state index is 0.334. The van der Waals surface area contributed by atoms with Gasteiger partial charge in [-0.1, -0.05) is 17.3 Å². The van der Waals surface area contributed by atoms with Crippen molar-refractivity contribution in [3.05, 3.63) is 41.5 Å². The maximum Gasteiger partial charge on any atom is 0.229 e. The molecule has 1 heterocycles. The number of nitrogens with zero attached hydrogens (tertiary/aromatic N) is 2. The lowest BCUT2D eigenvalue weighted by Gasteiger charge is -2.22. The number of nitrogens with two attached hydrogens (primary N) is 1. The van der Waals surface area contributed by atoms with Gasteiger partial charge in [0.05, 0.1) is 7.11 Å². The van der Waals surface area contributed by atoms with Crippen LogP contribution >= 0.6 is 0 Å². The van der Waals surface area contributed by atoms with Crippen molar-refractivity contribution in [3.8, 4) is 5.75 Å². The van der Waals surface area contributed by atoms with E-state index in [2.05, 4.69) is 10.1 Å². The monoisotopic (exact) mass is 287 g/mol. The summed E-state index contributed by atoms with van der Waals surface area (Å²) in [5, 5.41) is 4.10. The molecule has 0 amide bonds. The molecule has 1 saturated carbocycles. The largest absolute Gasteiger partial charge is 0.497 e. The Labute approximate surface area is 124 Å². The predicted octanol–water partition coefficient (Wildman–Crippen LogP) is 2.65. The summed E-state index contributed by atoms with van der Waals surface area (Å²) in [6, 6.07) is 8.27. The Bertz CT molecular complexity index is 589. The first-order chi connectivity index (χ1) is 10.2. The molecule has 0 unspecified atom stereocenters. The zero-order valence-corrected chi connectivity index (χ0v) is 12.3. The van der Waals surface area contributed by atoms with Gasteiger partial charge in [-0.15, -0.1) is 0 Å². The zero-order chi connectivity index (χ0) is 14.7. The molecule has 0 saturated heterocycles. The SMILES string of the molecule is COc1cccc(Cc2noc(C3CCC(N)CC3)n2)c1. The summed E-state index contributed by atoms with van der Waals surface area (Å²) in [5.41, 5.74) is 7.05. The van der Waals surface area contributed by atoms with E-state index in [1.807, 2.05) is 24.3 Å². The highest BCUT2D eigenvalue weighted by Crippen LogP contribution is 2.31. The third kappa shape index (κ3) is 3.42. The maximum absolute atomic E-state index is 5.93. The van der Waals surface area contributed by atoms with Crippen molar-refractivity contribution < 1.29 is 9.26 Å². The molecule has 1 aliphatic rings. The van der Waals surface area contributed by atoms with Crippen LogP contribution in [0.4, 0.5) is 0 Å². The van der Waals surface area contributed by atoms with Gasteiger partial charge in [0.25, 0.3) is 0 Å². The number of benzene rings is 1. The van der Waals surface area contributed by atoms with E-state index in [0.29, 0.717) is 18.4 Å². The van der Waals surface area contributed by atoms with Crippen LogP contribution in [0.5, 0.6) is 5.75 Å². The van der Waals surface area contributed by atoms with E-state index in [0.717, 1.165) is 48.7 Å². The highest BCUT2D eigenvalue weighted by atomic mass is 16.5. The van der Waals surface area contributed by atoms with Gasteiger partial charge < -0.3 is 15.0 Å². The smallest absolute Gasteiger partial charge is 0.229 e. The first-order valence-electron chi connectivity index (χ1n) is 7.45. The highest BCUT2D eigenvalue weighted by molar-refractivity contribution is 5.30. The topological polar surface area (TPSA) is 74.2 Å². The first kappa shape index (κ1) is 14.1. The van der Waals surface area contributed by atoms with Crippen LogP contribution < -0.4 is 10.5 Å². The molecule has 0 aliphatic heterocycles. The van der Waals surface area contributed by atoms with Gasteiger partial charge in [-0.3, -0.25) is 0 Å². The third-order valence-electron chi connectivity index (χ3n) is 4.10. The molecule has 2 aromatic rings. The van der Waals surface area contributed by atoms with Crippen LogP contribution in [0.15, 0.2) is 28.8 Å². The van der Waals surface area contributed by atoms with Crippen LogP contribution in [-0.2, 0) is 6.42 Å². The van der Waals surface area contributed by atoms with Crippen molar-refractivity contribution in [1.82, 2.24) is 10.1 Å². The molecule has 2 N–H and O–H groups in total. The number of hydrogen-bond acceptors (Lipinski definition) is 5. The number of rotatable bonds is 4. The number of aromatic nitrogens is 2. The third-order valence-corrected chi connectivity index (χ3v) is 4.10. The van der Waals surface area contributed by atoms with E-state index in [4.69, 9.17) is 15.0 Å². The summed E-state index contributed by atoms with van der Waals surface area (Å²) in [6.45, 7) is 0. The minimum atomic E-state index is 0.334. The van der Waals surface area contributed by atoms with E-state index in [1.54, 1.807) is 7.11 Å². The highest BCUT2D eigenvalue weighted by Gasteiger charge is 2.24. The van der Waals surface area contributed by atoms with Crippen molar-refractivity contribution in [2.45, 2.75) is 44.1 Å². The Morgan fingerprint density at radius 2 is 2.10 bits per heavy atom. The fraction of sp³-hybridized carbons (Fsp3) is 0.500. The van der Waals surface area contributed by atoms with Crippen molar-refractivity contribution in [2.75, 3.05) is 7.11 Å². The van der Waals surface area contributed by atoms with Crippen molar-refractivity contribution in [1.29, 1.82) is 0 Å². The Hall–Kier alpha value is -1.88. The second-order valence-electron chi connectivity index (χ2n) is 5.69. The Balaban J connectivity index is 1.67. The van der Waals surface area contributed by atoms with Crippen LogP contribution in [0.25, 0.3) is 0 Å². The van der Waals surface area contributed by atoms with Crippen LogP contribution in [0.2, 0.25) is 0 Å². The van der Waals surface area contributed by atoms with Gasteiger partial charge >= 0.3 is 0 Å². The van der Waals surface area contributed by atoms with Crippen molar-refractivity contribution in [3.63, 3.8) is 0 Å². The molecular formula is C16H21N3O2. The average Bonchev–Trinajstić information content (AvgIpc) is 2.96. The quantitative estimate of drug-likeness (QED) is 0.935. The molecule has 0 bridgehead atoms. The Kier molecular flexibility index (Phi) is 4.20. The lowest BCUT2D eigenvalue weighted by atomic mass is 9.86. The summed E-state index contributed by atoms with van der Waals surface area (Å²) in [5.74, 6) is 2.71. The molecule has 1 aromatic heterocycles. The van der Waals surface area contributed by atoms with Crippen LogP contribution in [-0.4, -0.2) is 23.3 Å². The van der Waals surface area contributed by atoms with Crippen LogP contribution in [0, 0.1) is 0 Å². The van der Waals surface area contributed by atoms with Gasteiger partial charge in [0.15, 0.2) is 5.82 Å². The molecule has 21 heavy (non-hydrogen) atoms. The molecule has 5 nitrogen and oxygen atoms in total. The van der Waals surface area contributed by atoms with Crippen molar-refractivity contribution in [2.24, 2.45) is 5.73 Å². The molecule has 0 radical (unpaired) electrons. The summed E-state index contributed by atoms with van der Waals surface area (Å²) >= 11 is 0. The normalized spacial score (nSPS) is 22.2. The number of methoxy groups -OCH3 is 1. The minimum Gasteiger partial charge on any atom is -0.497 e. The van der Waals surface area contributed by atoms with Gasteiger partial charge in [-0.25, -0.2) is 0 Å². The second kappa shape index (κ2) is 6.26. The average molecular weight is 287 g/mol. The molecular weight excluding hydrogens is 266 g/mol. The van der Waals surface area contributed by atoms with Crippen molar-refractivity contribution >= 4 is 0 Å². The Morgan fingerprint density at radius 3 is 2.86 bits per heavy atom. The molecule has 1 aliphatic carbocycles. The van der Waals surface area contributed by atoms with Gasteiger partial charge in [0, 0.05) is 18.4 Å². The van der Waals surface area contributed by atoms with Gasteiger partial charge in [0.1, 0.15) is 5.75 Å². The van der Waals surface area contributed by atoms with E-state index in [1.165, 1.54) is 0 Å². The molecule has 1 fully saturated rings. The standard InChI is InChI=1S/C16H21N3O2/c1-20-14-4-2-3-11(9-14)10-15-18-16(21-19-15)12-5-7-13(17)8-6-12/h2-4,9,12-13H,5-8,10,17H2,1H3. The number of hydrogen-bond donors (Lipinski definition) is 1. The predicted molar refractivity (Wildman–Crippen MR) is 79.3 cm³/mol. The lowest BCUT2D eigenvalue weighted by Crippen LogP contribution is -2.25. The fourth-order valence-corrected chi connectivity index (χ4v) is 2.84. The summed E-state index contributed by atoms with van der Waals surface area (Å²) in [6.07, 6.45) is 4.83. The summed E-state index contributed by atoms with van der Waals surface area (Å²) < 4.78 is 10.7. The second-order valence-corrected chi connectivity index (χ2v) is 5.69. The number of ether oxygens (including phenoxy) is 1. The van der Waals surface area contributed by atoms with Crippen LogP contribution in [0.3, 0.4) is 0 Å². The van der Waals surface area contributed by atoms with Gasteiger partial charge in [-0.05, 0) is 43.4 Å².